The molecule has 0 radical (unpaired) electrons. The van der Waals surface area contributed by atoms with Gasteiger partial charge in [-0.25, -0.2) is 9.79 Å². The van der Waals surface area contributed by atoms with Gasteiger partial charge in [0.05, 0.1) is 17.3 Å². The average Bonchev–Trinajstić information content (AvgIpc) is 3.51. The van der Waals surface area contributed by atoms with Crippen LogP contribution in [-0.2, 0) is 14.3 Å². The summed E-state index contributed by atoms with van der Waals surface area (Å²) in [6.07, 6.45) is 8.85. The summed E-state index contributed by atoms with van der Waals surface area (Å²) in [5, 5.41) is 14.5. The third-order valence-corrected chi connectivity index (χ3v) is 6.24. The van der Waals surface area contributed by atoms with Crippen LogP contribution in [0.2, 0.25) is 0 Å². The lowest BCUT2D eigenvalue weighted by Crippen LogP contribution is -2.43. The first kappa shape index (κ1) is 21.0. The lowest BCUT2D eigenvalue weighted by atomic mass is 9.71. The van der Waals surface area contributed by atoms with Gasteiger partial charge in [0.1, 0.15) is 12.9 Å². The van der Waals surface area contributed by atoms with Crippen LogP contribution in [0.25, 0.3) is 5.82 Å². The minimum atomic E-state index is -0.363. The molecule has 1 aromatic rings. The van der Waals surface area contributed by atoms with Gasteiger partial charge >= 0.3 is 5.97 Å². The lowest BCUT2D eigenvalue weighted by molar-refractivity contribution is -0.138. The standard InChI is InChI=1S/C20H26N8O3/c1-14(22-11-17(21-2)28-13-24-25-26-28)10-23-15-3-5-20(6-4-15)7-8-27(19(20)30)16-9-18(29)31-12-16/h9,11,13,15,23H,2-8,10,12H2,1H3/b17-11+,22-14+/t15-,20+. The predicted molar refractivity (Wildman–Crippen MR) is 113 cm³/mol. The van der Waals surface area contributed by atoms with E-state index in [4.69, 9.17) is 4.74 Å². The number of rotatable bonds is 7. The summed E-state index contributed by atoms with van der Waals surface area (Å²) in [6, 6.07) is 0.341. The fourth-order valence-electron chi connectivity index (χ4n) is 4.40. The maximum Gasteiger partial charge on any atom is 0.333 e. The highest BCUT2D eigenvalue weighted by atomic mass is 16.5. The number of nitrogens with one attached hydrogen (secondary N) is 1. The first-order chi connectivity index (χ1) is 15.0. The Bertz CT molecular complexity index is 942. The maximum atomic E-state index is 13.1. The molecule has 11 nitrogen and oxygen atoms in total. The number of amides is 1. The summed E-state index contributed by atoms with van der Waals surface area (Å²) in [6.45, 7) is 6.95. The second-order valence-corrected chi connectivity index (χ2v) is 8.15. The molecule has 0 bridgehead atoms. The van der Waals surface area contributed by atoms with E-state index in [-0.39, 0.29) is 23.9 Å². The molecule has 1 saturated heterocycles. The van der Waals surface area contributed by atoms with Crippen molar-refractivity contribution in [3.05, 3.63) is 24.3 Å². The van der Waals surface area contributed by atoms with E-state index in [9.17, 15) is 9.59 Å². The van der Waals surface area contributed by atoms with Crippen molar-refractivity contribution in [3.63, 3.8) is 0 Å². The van der Waals surface area contributed by atoms with Gasteiger partial charge in [-0.2, -0.15) is 4.68 Å². The summed E-state index contributed by atoms with van der Waals surface area (Å²) >= 11 is 0. The minimum Gasteiger partial charge on any atom is -0.456 e. The Labute approximate surface area is 179 Å². The summed E-state index contributed by atoms with van der Waals surface area (Å²) in [5.41, 5.74) is 1.30. The van der Waals surface area contributed by atoms with Crippen molar-refractivity contribution < 1.29 is 14.3 Å². The number of nitrogens with zero attached hydrogens (tertiary/aromatic N) is 7. The Morgan fingerprint density at radius 2 is 2.19 bits per heavy atom. The third-order valence-electron chi connectivity index (χ3n) is 6.24. The molecule has 0 atom stereocenters. The highest BCUT2D eigenvalue weighted by Gasteiger charge is 2.49. The van der Waals surface area contributed by atoms with Gasteiger partial charge in [0.25, 0.3) is 0 Å². The van der Waals surface area contributed by atoms with Crippen LogP contribution in [-0.4, -0.2) is 75.2 Å². The van der Waals surface area contributed by atoms with E-state index >= 15 is 0 Å². The molecular weight excluding hydrogens is 400 g/mol. The largest absolute Gasteiger partial charge is 0.456 e. The maximum absolute atomic E-state index is 13.1. The van der Waals surface area contributed by atoms with E-state index < -0.39 is 0 Å². The zero-order valence-corrected chi connectivity index (χ0v) is 17.5. The van der Waals surface area contributed by atoms with Crippen LogP contribution in [0.4, 0.5) is 0 Å². The zero-order valence-electron chi connectivity index (χ0n) is 17.5. The Morgan fingerprint density at radius 1 is 1.39 bits per heavy atom. The first-order valence-corrected chi connectivity index (χ1v) is 10.4. The van der Waals surface area contributed by atoms with E-state index in [0.29, 0.717) is 30.6 Å². The number of tetrazole rings is 1. The van der Waals surface area contributed by atoms with Crippen LogP contribution < -0.4 is 5.32 Å². The first-order valence-electron chi connectivity index (χ1n) is 10.4. The molecule has 2 fully saturated rings. The summed E-state index contributed by atoms with van der Waals surface area (Å²) in [5.74, 6) is 0.223. The molecule has 0 unspecified atom stereocenters. The molecule has 4 rings (SSSR count). The van der Waals surface area contributed by atoms with Gasteiger partial charge < -0.3 is 15.0 Å². The number of esters is 1. The molecule has 1 saturated carbocycles. The number of aromatic nitrogens is 4. The van der Waals surface area contributed by atoms with Crippen molar-refractivity contribution in [2.24, 2.45) is 15.4 Å². The molecule has 11 heteroatoms. The molecule has 2 aliphatic heterocycles. The molecule has 1 aliphatic carbocycles. The number of carbonyl (C=O) groups is 2. The predicted octanol–water partition coefficient (Wildman–Crippen LogP) is 0.782. The molecule has 1 spiro atoms. The Kier molecular flexibility index (Phi) is 6.03. The van der Waals surface area contributed by atoms with Gasteiger partial charge in [-0.3, -0.25) is 9.79 Å². The highest BCUT2D eigenvalue weighted by Crippen LogP contribution is 2.46. The SMILES string of the molecule is C=N/C(=C\N=C(/C)CN[C@H]1CC[C@]2(CCN(C3=CC(=O)OC3)C2=O)CC1)n1cnnn1. The zero-order chi connectivity index (χ0) is 21.8. The quantitative estimate of drug-likeness (QED) is 0.504. The lowest BCUT2D eigenvalue weighted by Gasteiger charge is -2.36. The average molecular weight is 426 g/mol. The van der Waals surface area contributed by atoms with Gasteiger partial charge in [-0.05, 0) is 56.2 Å². The number of carbonyl (C=O) groups excluding carboxylic acids is 2. The normalized spacial score (nSPS) is 27.1. The Balaban J connectivity index is 1.28. The molecular formula is C20H26N8O3. The number of likely N-dealkylation sites (tertiary alicyclic amines) is 1. The van der Waals surface area contributed by atoms with Gasteiger partial charge in [0, 0.05) is 30.9 Å². The van der Waals surface area contributed by atoms with E-state index in [0.717, 1.165) is 37.8 Å². The van der Waals surface area contributed by atoms with E-state index in [2.05, 4.69) is 37.5 Å². The number of ether oxygens (including phenoxy) is 1. The molecule has 164 valence electrons. The topological polar surface area (TPSA) is 127 Å². The van der Waals surface area contributed by atoms with Crippen molar-refractivity contribution in [1.82, 2.24) is 30.4 Å². The number of hydrogen-bond acceptors (Lipinski definition) is 9. The van der Waals surface area contributed by atoms with Crippen LogP contribution in [0, 0.1) is 5.41 Å². The van der Waals surface area contributed by atoms with E-state index in [1.54, 1.807) is 11.1 Å². The van der Waals surface area contributed by atoms with Crippen molar-refractivity contribution in [2.75, 3.05) is 19.7 Å². The highest BCUT2D eigenvalue weighted by molar-refractivity contribution is 5.90. The second kappa shape index (κ2) is 8.88. The smallest absolute Gasteiger partial charge is 0.333 e. The van der Waals surface area contributed by atoms with Crippen LogP contribution in [0.3, 0.4) is 0 Å². The summed E-state index contributed by atoms with van der Waals surface area (Å²) < 4.78 is 6.36. The Morgan fingerprint density at radius 3 is 2.84 bits per heavy atom. The Hall–Kier alpha value is -3.21. The molecule has 31 heavy (non-hydrogen) atoms. The van der Waals surface area contributed by atoms with Crippen molar-refractivity contribution in [3.8, 4) is 0 Å². The molecule has 0 aromatic carbocycles. The van der Waals surface area contributed by atoms with Crippen LogP contribution >= 0.6 is 0 Å². The van der Waals surface area contributed by atoms with Gasteiger partial charge in [0.15, 0.2) is 5.82 Å². The van der Waals surface area contributed by atoms with E-state index in [1.165, 1.54) is 17.1 Å². The van der Waals surface area contributed by atoms with Crippen LogP contribution in [0.1, 0.15) is 39.0 Å². The minimum absolute atomic E-state index is 0.144. The monoisotopic (exact) mass is 426 g/mol. The molecule has 3 aliphatic rings. The fourth-order valence-corrected chi connectivity index (χ4v) is 4.40. The van der Waals surface area contributed by atoms with Gasteiger partial charge in [0.2, 0.25) is 5.91 Å². The molecule has 1 aromatic heterocycles. The van der Waals surface area contributed by atoms with Crippen molar-refractivity contribution in [2.45, 2.75) is 45.1 Å². The van der Waals surface area contributed by atoms with Gasteiger partial charge in [-0.1, -0.05) is 0 Å². The number of cyclic esters (lactones) is 1. The van der Waals surface area contributed by atoms with Crippen molar-refractivity contribution in [1.29, 1.82) is 0 Å². The van der Waals surface area contributed by atoms with Crippen molar-refractivity contribution >= 4 is 30.1 Å². The number of hydrogen-bond donors (Lipinski definition) is 1. The fraction of sp³-hybridized carbons (Fsp3) is 0.550. The van der Waals surface area contributed by atoms with Crippen LogP contribution in [0.5, 0.6) is 0 Å². The van der Waals surface area contributed by atoms with Crippen LogP contribution in [0.15, 0.2) is 34.3 Å². The second-order valence-electron chi connectivity index (χ2n) is 8.15. The molecule has 3 heterocycles. The summed E-state index contributed by atoms with van der Waals surface area (Å²) in [7, 11) is 0. The third kappa shape index (κ3) is 4.46. The van der Waals surface area contributed by atoms with E-state index in [1.807, 2.05) is 6.92 Å². The summed E-state index contributed by atoms with van der Waals surface area (Å²) in [4.78, 5) is 34.4. The molecule has 1 N–H and O–H groups in total. The number of aliphatic imine (C=N–C) groups is 2. The van der Waals surface area contributed by atoms with Gasteiger partial charge in [-0.15, -0.1) is 5.10 Å². The molecule has 1 amide bonds.